The third kappa shape index (κ3) is 4.40. The summed E-state index contributed by atoms with van der Waals surface area (Å²) < 4.78 is 0. The predicted octanol–water partition coefficient (Wildman–Crippen LogP) is 0.489. The molecular formula is C13H23N3O4. The van der Waals surface area contributed by atoms with Crippen molar-refractivity contribution < 1.29 is 19.5 Å². The standard InChI is InChI=1S/C13H23N3O4/c1-9-5-6-10(12(14)19)8-16(9)13(20)15(2)7-3-4-11(17)18/h9-10H,3-8H2,1-2H3,(H2,14,19)(H,17,18). The highest BCUT2D eigenvalue weighted by Gasteiger charge is 2.32. The van der Waals surface area contributed by atoms with Gasteiger partial charge in [-0.2, -0.15) is 0 Å². The normalized spacial score (nSPS) is 22.4. The summed E-state index contributed by atoms with van der Waals surface area (Å²) in [6, 6.07) is -0.103. The Labute approximate surface area is 118 Å². The number of nitrogens with two attached hydrogens (primary N) is 1. The van der Waals surface area contributed by atoms with Crippen molar-refractivity contribution >= 4 is 17.9 Å². The maximum Gasteiger partial charge on any atom is 0.320 e. The minimum atomic E-state index is -0.869. The molecule has 1 rings (SSSR count). The predicted molar refractivity (Wildman–Crippen MR) is 73.0 cm³/mol. The molecule has 1 heterocycles. The van der Waals surface area contributed by atoms with Crippen LogP contribution in [0.1, 0.15) is 32.6 Å². The topological polar surface area (TPSA) is 104 Å². The van der Waals surface area contributed by atoms with E-state index in [2.05, 4.69) is 0 Å². The number of carboxylic acid groups (broad SMARTS) is 1. The van der Waals surface area contributed by atoms with Crippen LogP contribution >= 0.6 is 0 Å². The van der Waals surface area contributed by atoms with Gasteiger partial charge < -0.3 is 20.6 Å². The molecule has 20 heavy (non-hydrogen) atoms. The van der Waals surface area contributed by atoms with E-state index in [9.17, 15) is 14.4 Å². The van der Waals surface area contributed by atoms with Gasteiger partial charge in [-0.05, 0) is 26.2 Å². The van der Waals surface area contributed by atoms with E-state index in [0.29, 0.717) is 25.9 Å². The highest BCUT2D eigenvalue weighted by Crippen LogP contribution is 2.22. The molecule has 0 aromatic rings. The molecule has 0 radical (unpaired) electrons. The Hall–Kier alpha value is -1.79. The fourth-order valence-electron chi connectivity index (χ4n) is 2.39. The molecule has 0 aromatic heterocycles. The first-order valence-electron chi connectivity index (χ1n) is 6.85. The van der Waals surface area contributed by atoms with Crippen LogP contribution < -0.4 is 5.73 Å². The molecule has 3 amide bonds. The number of nitrogens with zero attached hydrogens (tertiary/aromatic N) is 2. The van der Waals surface area contributed by atoms with Crippen LogP contribution in [0.15, 0.2) is 0 Å². The van der Waals surface area contributed by atoms with Crippen molar-refractivity contribution in [3.05, 3.63) is 0 Å². The molecule has 1 aliphatic rings. The number of amides is 3. The van der Waals surface area contributed by atoms with Crippen molar-refractivity contribution in [3.8, 4) is 0 Å². The van der Waals surface area contributed by atoms with Crippen LogP contribution in [0.2, 0.25) is 0 Å². The maximum atomic E-state index is 12.3. The maximum absolute atomic E-state index is 12.3. The van der Waals surface area contributed by atoms with Crippen molar-refractivity contribution in [2.45, 2.75) is 38.6 Å². The van der Waals surface area contributed by atoms with E-state index < -0.39 is 5.97 Å². The van der Waals surface area contributed by atoms with E-state index in [0.717, 1.165) is 6.42 Å². The van der Waals surface area contributed by atoms with Gasteiger partial charge in [-0.25, -0.2) is 4.79 Å². The lowest BCUT2D eigenvalue weighted by Gasteiger charge is -2.39. The lowest BCUT2D eigenvalue weighted by molar-refractivity contribution is -0.137. The molecule has 0 saturated carbocycles. The third-order valence-corrected chi connectivity index (χ3v) is 3.74. The molecule has 0 aromatic carbocycles. The number of urea groups is 1. The van der Waals surface area contributed by atoms with Crippen LogP contribution in [0, 0.1) is 5.92 Å². The molecule has 1 saturated heterocycles. The molecule has 2 atom stereocenters. The largest absolute Gasteiger partial charge is 0.481 e. The molecule has 0 bridgehead atoms. The number of rotatable bonds is 5. The number of carbonyl (C=O) groups excluding carboxylic acids is 2. The van der Waals surface area contributed by atoms with Gasteiger partial charge in [-0.15, -0.1) is 0 Å². The van der Waals surface area contributed by atoms with Gasteiger partial charge in [0, 0.05) is 32.6 Å². The number of likely N-dealkylation sites (tertiary alicyclic amines) is 1. The van der Waals surface area contributed by atoms with E-state index in [4.69, 9.17) is 10.8 Å². The second-order valence-electron chi connectivity index (χ2n) is 5.38. The number of hydrogen-bond donors (Lipinski definition) is 2. The smallest absolute Gasteiger partial charge is 0.320 e. The Balaban J connectivity index is 2.54. The number of hydrogen-bond acceptors (Lipinski definition) is 3. The van der Waals surface area contributed by atoms with Crippen LogP contribution in [0.25, 0.3) is 0 Å². The number of primary amides is 1. The highest BCUT2D eigenvalue weighted by atomic mass is 16.4. The zero-order chi connectivity index (χ0) is 15.3. The second-order valence-corrected chi connectivity index (χ2v) is 5.38. The van der Waals surface area contributed by atoms with E-state index in [-0.39, 0.29) is 30.3 Å². The Morgan fingerprint density at radius 3 is 2.55 bits per heavy atom. The summed E-state index contributed by atoms with van der Waals surface area (Å²) in [6.45, 7) is 2.67. The fraction of sp³-hybridized carbons (Fsp3) is 0.769. The molecule has 1 aliphatic heterocycles. The molecule has 3 N–H and O–H groups in total. The summed E-state index contributed by atoms with van der Waals surface area (Å²) in [6.07, 6.45) is 1.92. The van der Waals surface area contributed by atoms with Gasteiger partial charge in [0.25, 0.3) is 0 Å². The van der Waals surface area contributed by atoms with Crippen LogP contribution in [-0.4, -0.2) is 59.0 Å². The molecule has 0 aliphatic carbocycles. The van der Waals surface area contributed by atoms with Gasteiger partial charge in [-0.1, -0.05) is 0 Å². The lowest BCUT2D eigenvalue weighted by Crippen LogP contribution is -2.52. The third-order valence-electron chi connectivity index (χ3n) is 3.74. The molecule has 114 valence electrons. The first-order chi connectivity index (χ1) is 9.32. The second kappa shape index (κ2) is 7.12. The zero-order valence-electron chi connectivity index (χ0n) is 12.0. The Morgan fingerprint density at radius 2 is 2.00 bits per heavy atom. The fourth-order valence-corrected chi connectivity index (χ4v) is 2.39. The minimum Gasteiger partial charge on any atom is -0.481 e. The summed E-state index contributed by atoms with van der Waals surface area (Å²) in [5.74, 6) is -1.53. The van der Waals surface area contributed by atoms with Crippen molar-refractivity contribution in [1.82, 2.24) is 9.80 Å². The number of carbonyl (C=O) groups is 3. The first-order valence-corrected chi connectivity index (χ1v) is 6.85. The van der Waals surface area contributed by atoms with Crippen LogP contribution in [0.5, 0.6) is 0 Å². The molecule has 7 heteroatoms. The molecule has 1 fully saturated rings. The first kappa shape index (κ1) is 16.3. The SMILES string of the molecule is CC1CCC(C(N)=O)CN1C(=O)N(C)CCCC(=O)O. The van der Waals surface area contributed by atoms with Gasteiger partial charge in [0.05, 0.1) is 5.92 Å². The monoisotopic (exact) mass is 285 g/mol. The molecule has 2 unspecified atom stereocenters. The lowest BCUT2D eigenvalue weighted by atomic mass is 9.93. The number of aliphatic carboxylic acids is 1. The molecule has 0 spiro atoms. The minimum absolute atomic E-state index is 0.0388. The van der Waals surface area contributed by atoms with Crippen molar-refractivity contribution in [1.29, 1.82) is 0 Å². The Morgan fingerprint density at radius 1 is 1.35 bits per heavy atom. The number of carboxylic acids is 1. The summed E-state index contributed by atoms with van der Waals surface area (Å²) in [4.78, 5) is 37.2. The summed E-state index contributed by atoms with van der Waals surface area (Å²) in [7, 11) is 1.64. The van der Waals surface area contributed by atoms with Crippen LogP contribution in [0.3, 0.4) is 0 Å². The van der Waals surface area contributed by atoms with Gasteiger partial charge in [-0.3, -0.25) is 9.59 Å². The molecule has 7 nitrogen and oxygen atoms in total. The van der Waals surface area contributed by atoms with E-state index in [1.54, 1.807) is 11.9 Å². The van der Waals surface area contributed by atoms with E-state index in [1.807, 2.05) is 6.92 Å². The Bertz CT molecular complexity index is 386. The van der Waals surface area contributed by atoms with Crippen LogP contribution in [0.4, 0.5) is 4.79 Å². The van der Waals surface area contributed by atoms with Crippen molar-refractivity contribution in [2.75, 3.05) is 20.1 Å². The summed E-state index contributed by atoms with van der Waals surface area (Å²) in [5.41, 5.74) is 5.31. The zero-order valence-corrected chi connectivity index (χ0v) is 12.0. The van der Waals surface area contributed by atoms with Gasteiger partial charge >= 0.3 is 12.0 Å². The Kier molecular flexibility index (Phi) is 5.79. The average Bonchev–Trinajstić information content (AvgIpc) is 2.37. The van der Waals surface area contributed by atoms with Crippen molar-refractivity contribution in [2.24, 2.45) is 11.7 Å². The summed E-state index contributed by atoms with van der Waals surface area (Å²) in [5, 5.41) is 8.59. The summed E-state index contributed by atoms with van der Waals surface area (Å²) >= 11 is 0. The van der Waals surface area contributed by atoms with E-state index in [1.165, 1.54) is 4.90 Å². The van der Waals surface area contributed by atoms with Gasteiger partial charge in [0.2, 0.25) is 5.91 Å². The molecular weight excluding hydrogens is 262 g/mol. The quantitative estimate of drug-likeness (QED) is 0.767. The highest BCUT2D eigenvalue weighted by molar-refractivity contribution is 5.79. The number of piperidine rings is 1. The van der Waals surface area contributed by atoms with Gasteiger partial charge in [0.1, 0.15) is 0 Å². The van der Waals surface area contributed by atoms with Crippen LogP contribution in [-0.2, 0) is 9.59 Å². The van der Waals surface area contributed by atoms with Crippen molar-refractivity contribution in [3.63, 3.8) is 0 Å². The van der Waals surface area contributed by atoms with Gasteiger partial charge in [0.15, 0.2) is 0 Å². The van der Waals surface area contributed by atoms with E-state index >= 15 is 0 Å². The average molecular weight is 285 g/mol.